The molecule has 3 rings (SSSR count). The molecule has 0 fully saturated rings. The molecule has 0 heterocycles. The minimum Gasteiger partial charge on any atom is -0.452 e. The van der Waals surface area contributed by atoms with E-state index in [1.807, 2.05) is 62.4 Å². The number of para-hydroxylation sites is 1. The number of hydrogen-bond donors (Lipinski definition) is 3. The van der Waals surface area contributed by atoms with E-state index in [2.05, 4.69) is 16.0 Å². The molecule has 0 bridgehead atoms. The van der Waals surface area contributed by atoms with Gasteiger partial charge in [-0.1, -0.05) is 60.7 Å². The van der Waals surface area contributed by atoms with Crippen LogP contribution in [0.3, 0.4) is 0 Å². The normalized spacial score (nSPS) is 10.4. The van der Waals surface area contributed by atoms with Gasteiger partial charge in [0.25, 0.3) is 5.91 Å². The summed E-state index contributed by atoms with van der Waals surface area (Å²) >= 11 is 0. The van der Waals surface area contributed by atoms with Gasteiger partial charge in [0.05, 0.1) is 5.56 Å². The third kappa shape index (κ3) is 7.21. The lowest BCUT2D eigenvalue weighted by Gasteiger charge is -2.12. The molecular weight excluding hydrogens is 418 g/mol. The van der Waals surface area contributed by atoms with Crippen LogP contribution in [0.25, 0.3) is 11.1 Å². The Kier molecular flexibility index (Phi) is 8.18. The van der Waals surface area contributed by atoms with Crippen LogP contribution in [0.4, 0.5) is 10.5 Å². The first-order valence-corrected chi connectivity index (χ1v) is 10.7. The van der Waals surface area contributed by atoms with Crippen LogP contribution in [-0.4, -0.2) is 30.6 Å². The zero-order valence-electron chi connectivity index (χ0n) is 18.6. The molecule has 0 saturated heterocycles. The Morgan fingerprint density at radius 1 is 0.848 bits per heavy atom. The molecule has 0 saturated carbocycles. The summed E-state index contributed by atoms with van der Waals surface area (Å²) in [6.45, 7) is 3.68. The van der Waals surface area contributed by atoms with Crippen molar-refractivity contribution >= 4 is 23.6 Å². The predicted molar refractivity (Wildman–Crippen MR) is 128 cm³/mol. The fourth-order valence-electron chi connectivity index (χ4n) is 3.12. The molecule has 170 valence electrons. The maximum Gasteiger partial charge on any atom is 0.338 e. The second kappa shape index (κ2) is 11.5. The summed E-state index contributed by atoms with van der Waals surface area (Å²) in [5.41, 5.74) is 3.65. The van der Waals surface area contributed by atoms with E-state index >= 15 is 0 Å². The van der Waals surface area contributed by atoms with E-state index in [0.29, 0.717) is 17.8 Å². The van der Waals surface area contributed by atoms with Gasteiger partial charge in [-0.2, -0.15) is 0 Å². The van der Waals surface area contributed by atoms with Gasteiger partial charge >= 0.3 is 12.0 Å². The van der Waals surface area contributed by atoms with Crippen LogP contribution in [0.2, 0.25) is 0 Å². The molecule has 0 unspecified atom stereocenters. The van der Waals surface area contributed by atoms with E-state index in [1.54, 1.807) is 30.3 Å². The topological polar surface area (TPSA) is 96.5 Å². The van der Waals surface area contributed by atoms with E-state index in [0.717, 1.165) is 16.7 Å². The molecular formula is C26H27N3O4. The minimum absolute atomic E-state index is 0.0474. The Hall–Kier alpha value is -4.13. The quantitative estimate of drug-likeness (QED) is 0.449. The van der Waals surface area contributed by atoms with Crippen molar-refractivity contribution in [2.24, 2.45) is 0 Å². The molecule has 3 aromatic rings. The predicted octanol–water partition coefficient (Wildman–Crippen LogP) is 4.36. The van der Waals surface area contributed by atoms with Crippen molar-refractivity contribution in [3.63, 3.8) is 0 Å². The van der Waals surface area contributed by atoms with Crippen molar-refractivity contribution in [1.82, 2.24) is 10.6 Å². The van der Waals surface area contributed by atoms with Crippen molar-refractivity contribution < 1.29 is 19.1 Å². The van der Waals surface area contributed by atoms with Gasteiger partial charge in [-0.25, -0.2) is 9.59 Å². The molecule has 0 aromatic heterocycles. The van der Waals surface area contributed by atoms with Crippen molar-refractivity contribution in [3.05, 3.63) is 90.0 Å². The fraction of sp³-hybridized carbons (Fsp3) is 0.192. The van der Waals surface area contributed by atoms with Gasteiger partial charge in [0.2, 0.25) is 0 Å². The molecule has 33 heavy (non-hydrogen) atoms. The molecule has 0 aliphatic rings. The number of esters is 1. The number of rotatable bonds is 8. The summed E-state index contributed by atoms with van der Waals surface area (Å²) in [6.07, 6.45) is 0. The second-order valence-electron chi connectivity index (χ2n) is 7.71. The molecule has 0 aliphatic heterocycles. The molecule has 7 nitrogen and oxygen atoms in total. The lowest BCUT2D eigenvalue weighted by Crippen LogP contribution is -2.39. The monoisotopic (exact) mass is 445 g/mol. The summed E-state index contributed by atoms with van der Waals surface area (Å²) in [6, 6.07) is 23.6. The molecule has 0 aliphatic carbocycles. The molecule has 3 N–H and O–H groups in total. The molecule has 3 amide bonds. The fourth-order valence-corrected chi connectivity index (χ4v) is 3.12. The number of nitrogens with one attached hydrogen (secondary N) is 3. The number of amides is 3. The minimum atomic E-state index is -0.599. The number of hydrogen-bond acceptors (Lipinski definition) is 4. The second-order valence-corrected chi connectivity index (χ2v) is 7.71. The zero-order valence-corrected chi connectivity index (χ0v) is 18.6. The number of carbonyl (C=O) groups excluding carboxylic acids is 3. The number of benzene rings is 3. The van der Waals surface area contributed by atoms with Gasteiger partial charge in [-0.15, -0.1) is 0 Å². The van der Waals surface area contributed by atoms with Gasteiger partial charge in [-0.05, 0) is 43.2 Å². The Balaban J connectivity index is 1.51. The molecule has 0 atom stereocenters. The highest BCUT2D eigenvalue weighted by Crippen LogP contribution is 2.27. The Bertz CT molecular complexity index is 1100. The molecule has 0 radical (unpaired) electrons. The van der Waals surface area contributed by atoms with Crippen LogP contribution in [-0.2, 0) is 16.1 Å². The van der Waals surface area contributed by atoms with Crippen LogP contribution in [0.5, 0.6) is 0 Å². The van der Waals surface area contributed by atoms with Crippen LogP contribution >= 0.6 is 0 Å². The average Bonchev–Trinajstić information content (AvgIpc) is 2.82. The number of ether oxygens (including phenoxy) is 1. The van der Waals surface area contributed by atoms with Crippen LogP contribution in [0.1, 0.15) is 29.8 Å². The summed E-state index contributed by atoms with van der Waals surface area (Å²) in [7, 11) is 0. The summed E-state index contributed by atoms with van der Waals surface area (Å²) in [5, 5.41) is 8.28. The highest BCUT2D eigenvalue weighted by Gasteiger charge is 2.12. The molecule has 7 heteroatoms. The molecule has 3 aromatic carbocycles. The Labute approximate surface area is 193 Å². The number of anilines is 1. The standard InChI is InChI=1S/C26H27N3O4/c1-18(2)28-26(32)27-16-19-12-14-21(15-13-19)25(31)33-17-24(30)29-23-11-7-6-10-22(23)20-8-4-3-5-9-20/h3-15,18H,16-17H2,1-2H3,(H,29,30)(H2,27,28,32). The van der Waals surface area contributed by atoms with Gasteiger partial charge in [0.15, 0.2) is 6.61 Å². The summed E-state index contributed by atoms with van der Waals surface area (Å²) < 4.78 is 5.16. The maximum atomic E-state index is 12.4. The first-order valence-electron chi connectivity index (χ1n) is 10.7. The van der Waals surface area contributed by atoms with Crippen molar-refractivity contribution in [1.29, 1.82) is 0 Å². The van der Waals surface area contributed by atoms with Crippen molar-refractivity contribution in [2.45, 2.75) is 26.4 Å². The maximum absolute atomic E-state index is 12.4. The number of carbonyl (C=O) groups is 3. The molecule has 0 spiro atoms. The zero-order chi connectivity index (χ0) is 23.6. The third-order valence-corrected chi connectivity index (χ3v) is 4.68. The smallest absolute Gasteiger partial charge is 0.338 e. The van der Waals surface area contributed by atoms with Crippen LogP contribution < -0.4 is 16.0 Å². The van der Waals surface area contributed by atoms with E-state index in [1.165, 1.54) is 0 Å². The lowest BCUT2D eigenvalue weighted by molar-refractivity contribution is -0.119. The summed E-state index contributed by atoms with van der Waals surface area (Å²) in [5.74, 6) is -1.03. The van der Waals surface area contributed by atoms with Gasteiger partial charge in [-0.3, -0.25) is 4.79 Å². The van der Waals surface area contributed by atoms with Gasteiger partial charge in [0, 0.05) is 23.8 Å². The van der Waals surface area contributed by atoms with E-state index in [9.17, 15) is 14.4 Å². The van der Waals surface area contributed by atoms with Gasteiger partial charge in [0.1, 0.15) is 0 Å². The highest BCUT2D eigenvalue weighted by atomic mass is 16.5. The average molecular weight is 446 g/mol. The first-order chi connectivity index (χ1) is 15.9. The first kappa shape index (κ1) is 23.5. The van der Waals surface area contributed by atoms with Crippen LogP contribution in [0.15, 0.2) is 78.9 Å². The van der Waals surface area contributed by atoms with Crippen molar-refractivity contribution in [2.75, 3.05) is 11.9 Å². The lowest BCUT2D eigenvalue weighted by atomic mass is 10.0. The third-order valence-electron chi connectivity index (χ3n) is 4.68. The SMILES string of the molecule is CC(C)NC(=O)NCc1ccc(C(=O)OCC(=O)Nc2ccccc2-c2ccccc2)cc1. The largest absolute Gasteiger partial charge is 0.452 e. The van der Waals surface area contributed by atoms with Gasteiger partial charge < -0.3 is 20.7 Å². The summed E-state index contributed by atoms with van der Waals surface area (Å²) in [4.78, 5) is 36.3. The Morgan fingerprint density at radius 3 is 2.21 bits per heavy atom. The van der Waals surface area contributed by atoms with Crippen molar-refractivity contribution in [3.8, 4) is 11.1 Å². The van der Waals surface area contributed by atoms with Crippen LogP contribution in [0, 0.1) is 0 Å². The van der Waals surface area contributed by atoms with E-state index < -0.39 is 18.5 Å². The van der Waals surface area contributed by atoms with E-state index in [-0.39, 0.29) is 12.1 Å². The highest BCUT2D eigenvalue weighted by molar-refractivity contribution is 5.98. The van der Waals surface area contributed by atoms with E-state index in [4.69, 9.17) is 4.74 Å². The number of urea groups is 1. The Morgan fingerprint density at radius 2 is 1.52 bits per heavy atom.